The van der Waals surface area contributed by atoms with Crippen LogP contribution in [0.1, 0.15) is 45.8 Å². The van der Waals surface area contributed by atoms with Gasteiger partial charge in [0.25, 0.3) is 0 Å². The number of pyridine rings is 1. The maximum absolute atomic E-state index is 11.8. The Bertz CT molecular complexity index is 1690. The molecule has 1 aliphatic rings. The molecule has 1 aliphatic heterocycles. The van der Waals surface area contributed by atoms with E-state index in [2.05, 4.69) is 37.2 Å². The van der Waals surface area contributed by atoms with Gasteiger partial charge in [0.2, 0.25) is 0 Å². The van der Waals surface area contributed by atoms with Gasteiger partial charge in [-0.05, 0) is 61.9 Å². The van der Waals surface area contributed by atoms with Crippen molar-refractivity contribution < 1.29 is 9.90 Å². The first kappa shape index (κ1) is 26.7. The van der Waals surface area contributed by atoms with Crippen LogP contribution in [0.2, 0.25) is 5.15 Å². The van der Waals surface area contributed by atoms with Gasteiger partial charge in [0.15, 0.2) is 17.2 Å². The molecule has 0 radical (unpaired) electrons. The zero-order chi connectivity index (χ0) is 28.4. The molecule has 200 valence electrons. The minimum atomic E-state index is -1.19. The highest BCUT2D eigenvalue weighted by Gasteiger charge is 2.24. The Kier molecular flexibility index (Phi) is 7.37. The first-order valence-corrected chi connectivity index (χ1v) is 13.0. The first-order valence-electron chi connectivity index (χ1n) is 12.7. The summed E-state index contributed by atoms with van der Waals surface area (Å²) >= 11 is 5.92. The van der Waals surface area contributed by atoms with Crippen molar-refractivity contribution in [2.75, 3.05) is 41.3 Å². The van der Waals surface area contributed by atoms with Crippen molar-refractivity contribution >= 4 is 45.8 Å². The lowest BCUT2D eigenvalue weighted by Crippen LogP contribution is -2.47. The number of carbonyl (C=O) groups is 1. The number of rotatable bonds is 6. The van der Waals surface area contributed by atoms with Gasteiger partial charge in [-0.15, -0.1) is 0 Å². The summed E-state index contributed by atoms with van der Waals surface area (Å²) in [5.41, 5.74) is 5.05. The number of piperazine rings is 1. The van der Waals surface area contributed by atoms with Gasteiger partial charge in [-0.1, -0.05) is 17.7 Å². The number of hydrogen-bond donors (Lipinski definition) is 2. The third kappa shape index (κ3) is 5.31. The number of benzene rings is 2. The highest BCUT2D eigenvalue weighted by Crippen LogP contribution is 2.31. The van der Waals surface area contributed by atoms with Crippen LogP contribution in [-0.2, 0) is 0 Å². The van der Waals surface area contributed by atoms with Crippen molar-refractivity contribution in [1.82, 2.24) is 15.0 Å². The number of aromatic nitrogens is 3. The number of anilines is 3. The summed E-state index contributed by atoms with van der Waals surface area (Å²) in [4.78, 5) is 29.6. The van der Waals surface area contributed by atoms with Crippen molar-refractivity contribution in [3.8, 4) is 12.1 Å². The quantitative estimate of drug-likeness (QED) is 0.316. The Hall–Kier alpha value is -4.93. The van der Waals surface area contributed by atoms with Crippen molar-refractivity contribution in [2.45, 2.75) is 19.9 Å². The van der Waals surface area contributed by atoms with Crippen molar-refractivity contribution in [3.63, 3.8) is 0 Å². The molecule has 0 amide bonds. The van der Waals surface area contributed by atoms with Gasteiger partial charge < -0.3 is 20.2 Å². The summed E-state index contributed by atoms with van der Waals surface area (Å²) in [5, 5.41) is 31.9. The molecule has 2 aromatic heterocycles. The van der Waals surface area contributed by atoms with E-state index in [1.165, 1.54) is 6.07 Å². The highest BCUT2D eigenvalue weighted by atomic mass is 35.5. The van der Waals surface area contributed by atoms with Crippen LogP contribution in [-0.4, -0.2) is 52.2 Å². The molecule has 0 bridgehead atoms. The third-order valence-corrected chi connectivity index (χ3v) is 7.08. The molecule has 40 heavy (non-hydrogen) atoms. The second-order valence-electron chi connectivity index (χ2n) is 9.56. The monoisotopic (exact) mass is 552 g/mol. The van der Waals surface area contributed by atoms with Crippen LogP contribution in [0.4, 0.5) is 17.2 Å². The van der Waals surface area contributed by atoms with Gasteiger partial charge in [0.05, 0.1) is 34.4 Å². The minimum absolute atomic E-state index is 0.0930. The van der Waals surface area contributed by atoms with Crippen molar-refractivity contribution in [1.29, 1.82) is 10.5 Å². The van der Waals surface area contributed by atoms with Crippen LogP contribution in [0.5, 0.6) is 0 Å². The number of fused-ring (bicyclic) bond motifs is 1. The molecule has 0 unspecified atom stereocenters. The van der Waals surface area contributed by atoms with Crippen LogP contribution in [0.15, 0.2) is 48.5 Å². The molecule has 1 saturated heterocycles. The van der Waals surface area contributed by atoms with E-state index in [1.54, 1.807) is 6.07 Å². The lowest BCUT2D eigenvalue weighted by Gasteiger charge is -2.37. The van der Waals surface area contributed by atoms with Gasteiger partial charge >= 0.3 is 5.97 Å². The Labute approximate surface area is 236 Å². The summed E-state index contributed by atoms with van der Waals surface area (Å²) in [6.45, 7) is 6.56. The summed E-state index contributed by atoms with van der Waals surface area (Å²) < 4.78 is 0. The van der Waals surface area contributed by atoms with Gasteiger partial charge in [-0.3, -0.25) is 0 Å². The van der Waals surface area contributed by atoms with E-state index in [-0.39, 0.29) is 22.6 Å². The number of nitrogens with one attached hydrogen (secondary N) is 1. The van der Waals surface area contributed by atoms with E-state index in [4.69, 9.17) is 21.8 Å². The van der Waals surface area contributed by atoms with Crippen LogP contribution in [0.3, 0.4) is 0 Å². The van der Waals surface area contributed by atoms with Gasteiger partial charge in [-0.2, -0.15) is 10.5 Å². The predicted octanol–water partition coefficient (Wildman–Crippen LogP) is 4.93. The third-order valence-electron chi connectivity index (χ3n) is 6.87. The summed E-state index contributed by atoms with van der Waals surface area (Å²) in [6.07, 6.45) is 0. The standard InChI is InChI=1S/C29H25ClN8O2/c1-17-13-21(18(2)33-22-7-8-25(30)35-27(22)29(39)40)26-23(14-17)34-24(16-32)28(36-26)38-11-9-37(10-12-38)20-5-3-19(15-31)4-6-20/h3-8,13-14,18,33H,9-12H2,1-2H3,(H,39,40)/t18-/m1/s1. The molecule has 2 N–H and O–H groups in total. The molecular weight excluding hydrogens is 528 g/mol. The Morgan fingerprint density at radius 1 is 1.00 bits per heavy atom. The number of nitrogens with zero attached hydrogens (tertiary/aromatic N) is 7. The molecule has 0 aliphatic carbocycles. The number of carboxylic acids is 1. The summed E-state index contributed by atoms with van der Waals surface area (Å²) in [6, 6.07) is 18.5. The number of halogens is 1. The topological polar surface area (TPSA) is 142 Å². The fourth-order valence-electron chi connectivity index (χ4n) is 4.90. The fourth-order valence-corrected chi connectivity index (χ4v) is 5.05. The number of hydrogen-bond acceptors (Lipinski definition) is 9. The normalized spacial score (nSPS) is 13.9. The molecule has 3 heterocycles. The molecule has 1 atom stereocenters. The van der Waals surface area contributed by atoms with E-state index in [0.717, 1.165) is 29.9 Å². The van der Waals surface area contributed by atoms with Crippen molar-refractivity contribution in [2.24, 2.45) is 0 Å². The average molecular weight is 553 g/mol. The van der Waals surface area contributed by atoms with E-state index in [9.17, 15) is 15.2 Å². The Morgan fingerprint density at radius 2 is 1.70 bits per heavy atom. The van der Waals surface area contributed by atoms with Gasteiger partial charge in [-0.25, -0.2) is 19.7 Å². The molecule has 5 rings (SSSR count). The molecular formula is C29H25ClN8O2. The lowest BCUT2D eigenvalue weighted by atomic mass is 10.0. The molecule has 0 saturated carbocycles. The minimum Gasteiger partial charge on any atom is -0.476 e. The van der Waals surface area contributed by atoms with E-state index < -0.39 is 5.97 Å². The fraction of sp³-hybridized carbons (Fsp3) is 0.241. The molecule has 1 fully saturated rings. The molecule has 0 spiro atoms. The zero-order valence-corrected chi connectivity index (χ0v) is 22.6. The van der Waals surface area contributed by atoms with Crippen LogP contribution < -0.4 is 15.1 Å². The Balaban J connectivity index is 1.46. The molecule has 2 aromatic carbocycles. The van der Waals surface area contributed by atoms with Crippen LogP contribution >= 0.6 is 11.6 Å². The second-order valence-corrected chi connectivity index (χ2v) is 9.95. The molecule has 4 aromatic rings. The van der Waals surface area contributed by atoms with Crippen LogP contribution in [0, 0.1) is 29.6 Å². The van der Waals surface area contributed by atoms with E-state index in [1.807, 2.05) is 50.2 Å². The maximum atomic E-state index is 11.8. The Morgan fingerprint density at radius 3 is 2.35 bits per heavy atom. The maximum Gasteiger partial charge on any atom is 0.356 e. The first-order chi connectivity index (χ1) is 19.3. The number of aromatic carboxylic acids is 1. The molecule has 10 nitrogen and oxygen atoms in total. The molecule has 11 heteroatoms. The zero-order valence-electron chi connectivity index (χ0n) is 21.9. The SMILES string of the molecule is Cc1cc([C@@H](C)Nc2ccc(Cl)nc2C(=O)O)c2nc(N3CCN(c4ccc(C#N)cc4)CC3)c(C#N)nc2c1. The number of carboxylic acid groups (broad SMARTS) is 1. The lowest BCUT2D eigenvalue weighted by molar-refractivity contribution is 0.0691. The van der Waals surface area contributed by atoms with Crippen LogP contribution in [0.25, 0.3) is 11.0 Å². The van der Waals surface area contributed by atoms with Gasteiger partial charge in [0.1, 0.15) is 11.2 Å². The van der Waals surface area contributed by atoms with Gasteiger partial charge in [0, 0.05) is 37.4 Å². The average Bonchev–Trinajstić information content (AvgIpc) is 2.97. The highest BCUT2D eigenvalue weighted by molar-refractivity contribution is 6.29. The second kappa shape index (κ2) is 11.0. The largest absolute Gasteiger partial charge is 0.476 e. The van der Waals surface area contributed by atoms with Crippen molar-refractivity contribution in [3.05, 3.63) is 81.8 Å². The van der Waals surface area contributed by atoms with E-state index >= 15 is 0 Å². The predicted molar refractivity (Wildman–Crippen MR) is 153 cm³/mol. The number of aryl methyl sites for hydroxylation is 1. The summed E-state index contributed by atoms with van der Waals surface area (Å²) in [7, 11) is 0. The summed E-state index contributed by atoms with van der Waals surface area (Å²) in [5.74, 6) is -0.668. The smallest absolute Gasteiger partial charge is 0.356 e. The number of nitriles is 2. The van der Waals surface area contributed by atoms with E-state index in [0.29, 0.717) is 41.2 Å².